The lowest BCUT2D eigenvalue weighted by molar-refractivity contribution is 0.0696. The fourth-order valence-electron chi connectivity index (χ4n) is 1.95. The van der Waals surface area contributed by atoms with Gasteiger partial charge in [-0.2, -0.15) is 0 Å². The fourth-order valence-corrected chi connectivity index (χ4v) is 1.95. The summed E-state index contributed by atoms with van der Waals surface area (Å²) in [4.78, 5) is 10.9. The van der Waals surface area contributed by atoms with Gasteiger partial charge in [0.25, 0.3) is 0 Å². The number of methoxy groups -OCH3 is 1. The van der Waals surface area contributed by atoms with E-state index in [2.05, 4.69) is 0 Å². The molecule has 5 heteroatoms. The van der Waals surface area contributed by atoms with Crippen molar-refractivity contribution in [1.29, 1.82) is 0 Å². The van der Waals surface area contributed by atoms with Gasteiger partial charge in [-0.05, 0) is 37.3 Å². The molecule has 1 heterocycles. The van der Waals surface area contributed by atoms with Crippen molar-refractivity contribution in [2.24, 2.45) is 0 Å². The van der Waals surface area contributed by atoms with E-state index in [1.165, 1.54) is 0 Å². The normalized spacial score (nSPS) is 10.3. The molecule has 0 saturated carbocycles. The van der Waals surface area contributed by atoms with E-state index in [9.17, 15) is 4.79 Å². The summed E-state index contributed by atoms with van der Waals surface area (Å²) < 4.78 is 12.5. The number of hydrogen-bond donors (Lipinski definition) is 1. The standard InChI is InChI=1S/C15H17NO4/c1-11-14(15(17)18)7-8-16(11)9-10-20-13-5-3-12(19-2)4-6-13/h3-8H,9-10H2,1-2H3,(H,17,18). The third-order valence-corrected chi connectivity index (χ3v) is 3.13. The number of carboxylic acid groups (broad SMARTS) is 1. The minimum absolute atomic E-state index is 0.328. The summed E-state index contributed by atoms with van der Waals surface area (Å²) in [5, 5.41) is 8.98. The van der Waals surface area contributed by atoms with Crippen LogP contribution in [0.2, 0.25) is 0 Å². The first-order chi connectivity index (χ1) is 9.61. The molecule has 1 aromatic carbocycles. The average Bonchev–Trinajstić information content (AvgIpc) is 2.81. The first kappa shape index (κ1) is 14.0. The highest BCUT2D eigenvalue weighted by Crippen LogP contribution is 2.17. The zero-order valence-electron chi connectivity index (χ0n) is 11.5. The van der Waals surface area contributed by atoms with E-state index in [-0.39, 0.29) is 0 Å². The molecule has 0 bridgehead atoms. The Balaban J connectivity index is 1.90. The number of nitrogens with zero attached hydrogens (tertiary/aromatic N) is 1. The molecule has 0 fully saturated rings. The maximum atomic E-state index is 10.9. The van der Waals surface area contributed by atoms with E-state index in [4.69, 9.17) is 14.6 Å². The van der Waals surface area contributed by atoms with Crippen LogP contribution in [0.4, 0.5) is 0 Å². The van der Waals surface area contributed by atoms with Gasteiger partial charge in [-0.15, -0.1) is 0 Å². The first-order valence-corrected chi connectivity index (χ1v) is 6.27. The molecule has 0 aliphatic rings. The third-order valence-electron chi connectivity index (χ3n) is 3.13. The van der Waals surface area contributed by atoms with Gasteiger partial charge in [-0.3, -0.25) is 0 Å². The Kier molecular flexibility index (Phi) is 4.30. The Morgan fingerprint density at radius 3 is 2.40 bits per heavy atom. The first-order valence-electron chi connectivity index (χ1n) is 6.27. The maximum absolute atomic E-state index is 10.9. The van der Waals surface area contributed by atoms with Crippen LogP contribution in [0.5, 0.6) is 11.5 Å². The second-order valence-corrected chi connectivity index (χ2v) is 4.34. The lowest BCUT2D eigenvalue weighted by Gasteiger charge is -2.09. The molecule has 0 amide bonds. The molecule has 0 aliphatic carbocycles. The topological polar surface area (TPSA) is 60.7 Å². The molecule has 1 aromatic heterocycles. The number of carboxylic acids is 1. The molecule has 0 saturated heterocycles. The highest BCUT2D eigenvalue weighted by molar-refractivity contribution is 5.88. The lowest BCUT2D eigenvalue weighted by Crippen LogP contribution is -2.09. The van der Waals surface area contributed by atoms with Gasteiger partial charge in [0.2, 0.25) is 0 Å². The predicted molar refractivity (Wildman–Crippen MR) is 74.6 cm³/mol. The van der Waals surface area contributed by atoms with Crippen molar-refractivity contribution < 1.29 is 19.4 Å². The molecule has 2 rings (SSSR count). The van der Waals surface area contributed by atoms with Gasteiger partial charge >= 0.3 is 5.97 Å². The highest BCUT2D eigenvalue weighted by atomic mass is 16.5. The van der Waals surface area contributed by atoms with E-state index < -0.39 is 5.97 Å². The number of rotatable bonds is 6. The minimum Gasteiger partial charge on any atom is -0.497 e. The van der Waals surface area contributed by atoms with Crippen molar-refractivity contribution >= 4 is 5.97 Å². The molecule has 0 spiro atoms. The summed E-state index contributed by atoms with van der Waals surface area (Å²) in [7, 11) is 1.62. The second kappa shape index (κ2) is 6.14. The minimum atomic E-state index is -0.905. The Labute approximate surface area is 117 Å². The van der Waals surface area contributed by atoms with Gasteiger partial charge in [0.15, 0.2) is 0 Å². The van der Waals surface area contributed by atoms with Crippen LogP contribution in [0.3, 0.4) is 0 Å². The number of ether oxygens (including phenoxy) is 2. The summed E-state index contributed by atoms with van der Waals surface area (Å²) in [6, 6.07) is 8.94. The zero-order chi connectivity index (χ0) is 14.5. The smallest absolute Gasteiger partial charge is 0.337 e. The Hall–Kier alpha value is -2.43. The second-order valence-electron chi connectivity index (χ2n) is 4.34. The SMILES string of the molecule is COc1ccc(OCCn2ccc(C(=O)O)c2C)cc1. The van der Waals surface area contributed by atoms with Crippen molar-refractivity contribution in [3.63, 3.8) is 0 Å². The summed E-state index contributed by atoms with van der Waals surface area (Å²) in [5.41, 5.74) is 1.06. The van der Waals surface area contributed by atoms with E-state index in [0.29, 0.717) is 18.7 Å². The van der Waals surface area contributed by atoms with Gasteiger partial charge in [0, 0.05) is 11.9 Å². The van der Waals surface area contributed by atoms with Crippen molar-refractivity contribution in [3.05, 3.63) is 47.8 Å². The quantitative estimate of drug-likeness (QED) is 0.880. The number of carbonyl (C=O) groups is 1. The largest absolute Gasteiger partial charge is 0.497 e. The molecule has 0 unspecified atom stereocenters. The molecular formula is C15H17NO4. The molecule has 0 aliphatic heterocycles. The van der Waals surface area contributed by atoms with Crippen LogP contribution >= 0.6 is 0 Å². The summed E-state index contributed by atoms with van der Waals surface area (Å²) in [6.07, 6.45) is 1.76. The molecular weight excluding hydrogens is 258 g/mol. The van der Waals surface area contributed by atoms with Gasteiger partial charge in [-0.1, -0.05) is 0 Å². The van der Waals surface area contributed by atoms with Crippen LogP contribution in [0.1, 0.15) is 16.1 Å². The van der Waals surface area contributed by atoms with E-state index in [1.54, 1.807) is 26.3 Å². The maximum Gasteiger partial charge on any atom is 0.337 e. The van der Waals surface area contributed by atoms with Crippen molar-refractivity contribution in [2.45, 2.75) is 13.5 Å². The average molecular weight is 275 g/mol. The summed E-state index contributed by atoms with van der Waals surface area (Å²) in [6.45, 7) is 2.86. The van der Waals surface area contributed by atoms with Gasteiger partial charge in [0.05, 0.1) is 19.2 Å². The molecule has 20 heavy (non-hydrogen) atoms. The summed E-state index contributed by atoms with van der Waals surface area (Å²) >= 11 is 0. The number of benzene rings is 1. The van der Waals surface area contributed by atoms with Crippen LogP contribution in [0, 0.1) is 6.92 Å². The number of aromatic nitrogens is 1. The van der Waals surface area contributed by atoms with Crippen molar-refractivity contribution in [2.75, 3.05) is 13.7 Å². The molecule has 106 valence electrons. The van der Waals surface area contributed by atoms with Crippen LogP contribution in [0.25, 0.3) is 0 Å². The molecule has 2 aromatic rings. The fraction of sp³-hybridized carbons (Fsp3) is 0.267. The monoisotopic (exact) mass is 275 g/mol. The lowest BCUT2D eigenvalue weighted by atomic mass is 10.2. The molecule has 0 radical (unpaired) electrons. The molecule has 5 nitrogen and oxygen atoms in total. The van der Waals surface area contributed by atoms with Crippen molar-refractivity contribution in [1.82, 2.24) is 4.57 Å². The van der Waals surface area contributed by atoms with Crippen LogP contribution in [0.15, 0.2) is 36.5 Å². The van der Waals surface area contributed by atoms with E-state index in [0.717, 1.165) is 17.2 Å². The van der Waals surface area contributed by atoms with E-state index >= 15 is 0 Å². The van der Waals surface area contributed by atoms with Gasteiger partial charge in [0.1, 0.15) is 18.1 Å². The molecule has 1 N–H and O–H groups in total. The highest BCUT2D eigenvalue weighted by Gasteiger charge is 2.10. The number of hydrogen-bond acceptors (Lipinski definition) is 3. The van der Waals surface area contributed by atoms with Crippen LogP contribution in [-0.4, -0.2) is 29.4 Å². The van der Waals surface area contributed by atoms with Gasteiger partial charge in [-0.25, -0.2) is 4.79 Å². The van der Waals surface area contributed by atoms with Crippen LogP contribution in [-0.2, 0) is 6.54 Å². The third kappa shape index (κ3) is 3.12. The zero-order valence-corrected chi connectivity index (χ0v) is 11.5. The Bertz CT molecular complexity index is 586. The van der Waals surface area contributed by atoms with E-state index in [1.807, 2.05) is 28.8 Å². The predicted octanol–water partition coefficient (Wildman–Crippen LogP) is 2.58. The van der Waals surface area contributed by atoms with Gasteiger partial charge < -0.3 is 19.1 Å². The number of aromatic carboxylic acids is 1. The summed E-state index contributed by atoms with van der Waals surface area (Å²) in [5.74, 6) is 0.635. The Morgan fingerprint density at radius 2 is 1.85 bits per heavy atom. The van der Waals surface area contributed by atoms with Crippen molar-refractivity contribution in [3.8, 4) is 11.5 Å². The van der Waals surface area contributed by atoms with Crippen LogP contribution < -0.4 is 9.47 Å². The Morgan fingerprint density at radius 1 is 1.20 bits per heavy atom. The molecule has 0 atom stereocenters.